The smallest absolute Gasteiger partial charge is 0.497 e. The number of hydrogen-bond donors (Lipinski definition) is 0. The first kappa shape index (κ1) is 37.7. The molecule has 0 radical (unpaired) electrons. The molecule has 1 saturated heterocycles. The van der Waals surface area contributed by atoms with E-state index in [4.69, 9.17) is 25.8 Å². The van der Waals surface area contributed by atoms with Gasteiger partial charge < -0.3 is 23.8 Å². The molecule has 3 aromatic rings. The molecule has 2 heterocycles. The number of methoxy groups -OCH3 is 2. The number of likely N-dealkylation sites (N-methyl/N-ethyl adjacent to an activating group) is 1. The van der Waals surface area contributed by atoms with E-state index < -0.39 is 62.5 Å². The van der Waals surface area contributed by atoms with Crippen LogP contribution in [0.3, 0.4) is 0 Å². The van der Waals surface area contributed by atoms with Crippen molar-refractivity contribution in [2.45, 2.75) is 55.6 Å². The van der Waals surface area contributed by atoms with Gasteiger partial charge >= 0.3 is 12.3 Å². The van der Waals surface area contributed by atoms with Crippen molar-refractivity contribution in [1.29, 1.82) is 0 Å². The molecule has 3 aromatic carbocycles. The molecule has 274 valence electrons. The third-order valence-electron chi connectivity index (χ3n) is 8.71. The molecule has 0 aliphatic carbocycles. The summed E-state index contributed by atoms with van der Waals surface area (Å²) in [6, 6.07) is 10.3. The molecule has 1 fully saturated rings. The molecule has 3 unspecified atom stereocenters. The highest BCUT2D eigenvalue weighted by Crippen LogP contribution is 2.55. The number of carbonyl (C=O) groups is 3. The number of amides is 2. The fraction of sp³-hybridized carbons (Fsp3) is 0.382. The van der Waals surface area contributed by atoms with E-state index in [-0.39, 0.29) is 52.7 Å². The third-order valence-corrected chi connectivity index (χ3v) is 10.7. The summed E-state index contributed by atoms with van der Waals surface area (Å²) in [5.41, 5.74) is -1.78. The number of likely N-dealkylation sites (tertiary alicyclic amines) is 1. The number of fused-ring (bicyclic) bond motifs is 1. The Hall–Kier alpha value is -4.54. The number of benzene rings is 3. The Bertz CT molecular complexity index is 1990. The van der Waals surface area contributed by atoms with Gasteiger partial charge in [-0.3, -0.25) is 19.3 Å². The van der Waals surface area contributed by atoms with Crippen LogP contribution in [-0.2, 0) is 34.7 Å². The average molecular weight is 754 g/mol. The Morgan fingerprint density at radius 3 is 2.31 bits per heavy atom. The van der Waals surface area contributed by atoms with Crippen LogP contribution in [0, 0.1) is 6.92 Å². The van der Waals surface area contributed by atoms with E-state index in [1.54, 1.807) is 32.0 Å². The van der Waals surface area contributed by atoms with Crippen LogP contribution in [0.2, 0.25) is 5.02 Å². The number of anilines is 1. The van der Waals surface area contributed by atoms with Crippen LogP contribution in [0.15, 0.2) is 59.5 Å². The van der Waals surface area contributed by atoms with Crippen LogP contribution in [-0.4, -0.2) is 89.4 Å². The van der Waals surface area contributed by atoms with Crippen molar-refractivity contribution in [2.75, 3.05) is 39.2 Å². The molecular weight excluding hydrogens is 719 g/mol. The predicted molar refractivity (Wildman–Crippen MR) is 178 cm³/mol. The van der Waals surface area contributed by atoms with Crippen molar-refractivity contribution in [3.8, 4) is 17.2 Å². The van der Waals surface area contributed by atoms with Gasteiger partial charge in [0.1, 0.15) is 22.5 Å². The van der Waals surface area contributed by atoms with Crippen molar-refractivity contribution >= 4 is 45.1 Å². The van der Waals surface area contributed by atoms with Crippen LogP contribution < -0.4 is 18.5 Å². The lowest BCUT2D eigenvalue weighted by atomic mass is 9.80. The largest absolute Gasteiger partial charge is 0.573 e. The second kappa shape index (κ2) is 13.9. The van der Waals surface area contributed by atoms with Crippen molar-refractivity contribution < 1.29 is 54.9 Å². The number of sulfonamides is 1. The van der Waals surface area contributed by atoms with Gasteiger partial charge in [0, 0.05) is 55.7 Å². The summed E-state index contributed by atoms with van der Waals surface area (Å²) in [4.78, 5) is 43.7. The van der Waals surface area contributed by atoms with Gasteiger partial charge in [0.2, 0.25) is 5.91 Å². The van der Waals surface area contributed by atoms with Crippen molar-refractivity contribution in [3.05, 3.63) is 76.3 Å². The van der Waals surface area contributed by atoms with E-state index in [0.717, 1.165) is 18.2 Å². The maximum Gasteiger partial charge on any atom is 0.573 e. The molecule has 5 rings (SSSR count). The van der Waals surface area contributed by atoms with Gasteiger partial charge in [-0.25, -0.2) is 12.7 Å². The Labute approximate surface area is 297 Å². The lowest BCUT2D eigenvalue weighted by Gasteiger charge is -2.42. The third kappa shape index (κ3) is 6.67. The molecule has 0 spiro atoms. The highest BCUT2D eigenvalue weighted by molar-refractivity contribution is 7.93. The highest BCUT2D eigenvalue weighted by Gasteiger charge is 2.64. The van der Waals surface area contributed by atoms with Crippen LogP contribution in [0.1, 0.15) is 36.5 Å². The normalized spacial score (nSPS) is 20.6. The molecule has 2 aliphatic heterocycles. The summed E-state index contributed by atoms with van der Waals surface area (Å²) in [6.07, 6.45) is -6.30. The minimum absolute atomic E-state index is 0.0155. The number of hydrogen-bond acceptors (Lipinski definition) is 10. The molecule has 12 nitrogen and oxygen atoms in total. The minimum atomic E-state index is -5.32. The SMILES string of the molecule is CCC(=O)OC1CC(C(=O)N(C)C)N(C2(c3cc(C)ccc3OC)C(=O)N(S(=O)(=O)c3ccc(OC)cc3OC(F)(F)F)c3ccc(Cl)cc32)C1. The maximum atomic E-state index is 15.5. The summed E-state index contributed by atoms with van der Waals surface area (Å²) >= 11 is 6.54. The first-order valence-corrected chi connectivity index (χ1v) is 17.4. The van der Waals surface area contributed by atoms with Crippen LogP contribution in [0.4, 0.5) is 18.9 Å². The van der Waals surface area contributed by atoms with Gasteiger partial charge in [-0.15, -0.1) is 13.2 Å². The van der Waals surface area contributed by atoms with E-state index in [0.29, 0.717) is 9.87 Å². The Morgan fingerprint density at radius 2 is 1.71 bits per heavy atom. The predicted octanol–water partition coefficient (Wildman–Crippen LogP) is 5.03. The number of esters is 1. The quantitative estimate of drug-likeness (QED) is 0.260. The number of rotatable bonds is 10. The standard InChI is InChI=1S/C34H35ClF3N3O9S/c1-7-30(42)49-22-16-26(31(43)39(3)4)40(18-22)33(24-14-19(2)8-12-27(24)48-6)23-15-20(35)9-11-25(23)41(32(33)44)51(45,46)29-13-10-21(47-5)17-28(29)50-34(36,37)38/h8-15,17,22,26H,7,16,18H2,1-6H3. The molecule has 2 aliphatic rings. The monoisotopic (exact) mass is 753 g/mol. The van der Waals surface area contributed by atoms with Gasteiger partial charge in [0.25, 0.3) is 15.9 Å². The van der Waals surface area contributed by atoms with Crippen molar-refractivity contribution in [2.24, 2.45) is 0 Å². The molecular formula is C34H35ClF3N3O9S. The second-order valence-corrected chi connectivity index (χ2v) is 14.3. The topological polar surface area (TPSA) is 132 Å². The van der Waals surface area contributed by atoms with Gasteiger partial charge in [-0.1, -0.05) is 30.2 Å². The van der Waals surface area contributed by atoms with Crippen LogP contribution >= 0.6 is 11.6 Å². The zero-order chi connectivity index (χ0) is 37.6. The molecule has 17 heteroatoms. The fourth-order valence-electron chi connectivity index (χ4n) is 6.57. The molecule has 0 aromatic heterocycles. The Balaban J connectivity index is 1.87. The van der Waals surface area contributed by atoms with E-state index in [1.807, 2.05) is 0 Å². The maximum absolute atomic E-state index is 15.5. The number of halogens is 4. The minimum Gasteiger partial charge on any atom is -0.497 e. The Kier molecular flexibility index (Phi) is 10.3. The Morgan fingerprint density at radius 1 is 1.00 bits per heavy atom. The van der Waals surface area contributed by atoms with Gasteiger partial charge in [0.05, 0.1) is 25.9 Å². The number of carbonyl (C=O) groups excluding carboxylic acids is 3. The molecule has 0 bridgehead atoms. The lowest BCUT2D eigenvalue weighted by Crippen LogP contribution is -2.59. The van der Waals surface area contributed by atoms with Crippen LogP contribution in [0.25, 0.3) is 0 Å². The van der Waals surface area contributed by atoms with Crippen molar-refractivity contribution in [3.63, 3.8) is 0 Å². The molecule has 0 N–H and O–H groups in total. The summed E-state index contributed by atoms with van der Waals surface area (Å²) in [5.74, 6) is -3.43. The van der Waals surface area contributed by atoms with Gasteiger partial charge in [-0.2, -0.15) is 0 Å². The van der Waals surface area contributed by atoms with Gasteiger partial charge in [0.15, 0.2) is 11.3 Å². The lowest BCUT2D eigenvalue weighted by molar-refractivity contribution is -0.275. The van der Waals surface area contributed by atoms with Crippen LogP contribution in [0.5, 0.6) is 17.2 Å². The highest BCUT2D eigenvalue weighted by atomic mass is 35.5. The fourth-order valence-corrected chi connectivity index (χ4v) is 8.30. The van der Waals surface area contributed by atoms with E-state index >= 15 is 4.79 Å². The summed E-state index contributed by atoms with van der Waals surface area (Å²) < 4.78 is 91.3. The first-order valence-electron chi connectivity index (χ1n) is 15.6. The molecule has 2 amide bonds. The van der Waals surface area contributed by atoms with Crippen molar-refractivity contribution in [1.82, 2.24) is 9.80 Å². The molecule has 51 heavy (non-hydrogen) atoms. The van der Waals surface area contributed by atoms with Gasteiger partial charge in [-0.05, 0) is 49.4 Å². The number of ether oxygens (including phenoxy) is 4. The van der Waals surface area contributed by atoms with E-state index in [2.05, 4.69) is 4.74 Å². The number of alkyl halides is 3. The molecule has 3 atom stereocenters. The number of nitrogens with zero attached hydrogens (tertiary/aromatic N) is 3. The average Bonchev–Trinajstić information content (AvgIpc) is 3.59. The summed E-state index contributed by atoms with van der Waals surface area (Å²) in [5, 5.41) is 0.0750. The van der Waals surface area contributed by atoms with E-state index in [1.165, 1.54) is 56.3 Å². The second-order valence-electron chi connectivity index (χ2n) is 12.1. The zero-order valence-electron chi connectivity index (χ0n) is 28.4. The summed E-state index contributed by atoms with van der Waals surface area (Å²) in [7, 11) is 0.238. The van der Waals surface area contributed by atoms with E-state index in [9.17, 15) is 31.2 Å². The first-order chi connectivity index (χ1) is 23.9. The zero-order valence-corrected chi connectivity index (χ0v) is 30.0. The number of aryl methyl sites for hydroxylation is 1. The summed E-state index contributed by atoms with van der Waals surface area (Å²) in [6.45, 7) is 3.08. The molecule has 0 saturated carbocycles.